The maximum atomic E-state index is 12.5. The minimum atomic E-state index is 0.0500. The molecule has 1 saturated heterocycles. The van der Waals surface area contributed by atoms with Crippen LogP contribution < -0.4 is 10.5 Å². The van der Waals surface area contributed by atoms with Gasteiger partial charge in [0.15, 0.2) is 0 Å². The maximum Gasteiger partial charge on any atom is 0.254 e. The van der Waals surface area contributed by atoms with Crippen molar-refractivity contribution in [1.29, 1.82) is 0 Å². The lowest BCUT2D eigenvalue weighted by Gasteiger charge is -2.34. The molecule has 1 aromatic rings. The van der Waals surface area contributed by atoms with Crippen LogP contribution in [0.25, 0.3) is 0 Å². The van der Waals surface area contributed by atoms with Gasteiger partial charge >= 0.3 is 0 Å². The van der Waals surface area contributed by atoms with Gasteiger partial charge in [-0.1, -0.05) is 19.9 Å². The predicted octanol–water partition coefficient (Wildman–Crippen LogP) is 2.28. The van der Waals surface area contributed by atoms with E-state index in [9.17, 15) is 4.79 Å². The van der Waals surface area contributed by atoms with Gasteiger partial charge in [0.1, 0.15) is 5.75 Å². The van der Waals surface area contributed by atoms with Gasteiger partial charge in [0.25, 0.3) is 5.91 Å². The Bertz CT molecular complexity index is 452. The van der Waals surface area contributed by atoms with Crippen molar-refractivity contribution in [3.05, 3.63) is 29.8 Å². The van der Waals surface area contributed by atoms with E-state index in [4.69, 9.17) is 10.5 Å². The number of likely N-dealkylation sites (tertiary alicyclic amines) is 1. The number of piperidine rings is 1. The third-order valence-electron chi connectivity index (χ3n) is 3.53. The molecule has 2 atom stereocenters. The van der Waals surface area contributed by atoms with E-state index in [-0.39, 0.29) is 11.9 Å². The Hall–Kier alpha value is -1.55. The highest BCUT2D eigenvalue weighted by molar-refractivity contribution is 5.94. The molecule has 1 aliphatic rings. The zero-order valence-electron chi connectivity index (χ0n) is 12.3. The molecule has 1 heterocycles. The summed E-state index contributed by atoms with van der Waals surface area (Å²) in [6, 6.07) is 7.50. The van der Waals surface area contributed by atoms with E-state index in [1.807, 2.05) is 29.2 Å². The topological polar surface area (TPSA) is 55.6 Å². The lowest BCUT2D eigenvalue weighted by Crippen LogP contribution is -2.48. The van der Waals surface area contributed by atoms with Crippen molar-refractivity contribution in [2.24, 2.45) is 11.7 Å². The number of benzene rings is 1. The van der Waals surface area contributed by atoms with Crippen LogP contribution in [0.15, 0.2) is 24.3 Å². The molecule has 0 spiro atoms. The Balaban J connectivity index is 2.08. The van der Waals surface area contributed by atoms with Crippen molar-refractivity contribution in [1.82, 2.24) is 4.90 Å². The van der Waals surface area contributed by atoms with E-state index in [1.165, 1.54) is 0 Å². The monoisotopic (exact) mass is 276 g/mol. The van der Waals surface area contributed by atoms with E-state index < -0.39 is 0 Å². The summed E-state index contributed by atoms with van der Waals surface area (Å²) in [5.74, 6) is 1.27. The summed E-state index contributed by atoms with van der Waals surface area (Å²) >= 11 is 0. The molecule has 2 unspecified atom stereocenters. The smallest absolute Gasteiger partial charge is 0.254 e. The van der Waals surface area contributed by atoms with Gasteiger partial charge in [-0.25, -0.2) is 0 Å². The van der Waals surface area contributed by atoms with Crippen LogP contribution >= 0.6 is 0 Å². The molecule has 1 amide bonds. The average molecular weight is 276 g/mol. The van der Waals surface area contributed by atoms with Gasteiger partial charge in [-0.2, -0.15) is 0 Å². The van der Waals surface area contributed by atoms with Crippen LogP contribution in [-0.4, -0.2) is 36.5 Å². The van der Waals surface area contributed by atoms with Gasteiger partial charge in [0.2, 0.25) is 0 Å². The predicted molar refractivity (Wildman–Crippen MR) is 79.9 cm³/mol. The number of ether oxygens (including phenoxy) is 1. The second-order valence-electron chi connectivity index (χ2n) is 5.69. The summed E-state index contributed by atoms with van der Waals surface area (Å²) in [5, 5.41) is 0. The van der Waals surface area contributed by atoms with Gasteiger partial charge in [-0.3, -0.25) is 4.79 Å². The highest BCUT2D eigenvalue weighted by atomic mass is 16.5. The van der Waals surface area contributed by atoms with E-state index in [0.717, 1.165) is 25.1 Å². The first kappa shape index (κ1) is 14.9. The number of hydrogen-bond donors (Lipinski definition) is 1. The number of amides is 1. The summed E-state index contributed by atoms with van der Waals surface area (Å²) in [6.07, 6.45) is 1.94. The maximum absolute atomic E-state index is 12.5. The third-order valence-corrected chi connectivity index (χ3v) is 3.53. The molecule has 1 fully saturated rings. The fourth-order valence-corrected chi connectivity index (χ4v) is 2.69. The van der Waals surface area contributed by atoms with E-state index >= 15 is 0 Å². The zero-order valence-corrected chi connectivity index (χ0v) is 12.3. The molecule has 0 saturated carbocycles. The molecule has 1 aromatic carbocycles. The number of nitrogens with two attached hydrogens (primary N) is 1. The van der Waals surface area contributed by atoms with Crippen LogP contribution in [0.3, 0.4) is 0 Å². The van der Waals surface area contributed by atoms with E-state index in [1.54, 1.807) is 0 Å². The van der Waals surface area contributed by atoms with Gasteiger partial charge in [0.05, 0.1) is 6.61 Å². The Morgan fingerprint density at radius 1 is 1.45 bits per heavy atom. The van der Waals surface area contributed by atoms with Gasteiger partial charge in [0, 0.05) is 24.7 Å². The minimum absolute atomic E-state index is 0.0500. The number of hydrogen-bond acceptors (Lipinski definition) is 3. The van der Waals surface area contributed by atoms with Crippen LogP contribution in [0.5, 0.6) is 5.75 Å². The van der Waals surface area contributed by atoms with Gasteiger partial charge < -0.3 is 15.4 Å². The fraction of sp³-hybridized carbons (Fsp3) is 0.562. The van der Waals surface area contributed by atoms with Crippen molar-refractivity contribution in [2.75, 3.05) is 19.7 Å². The SMILES string of the molecule is CCCOc1cccc(C(=O)N2CC(C)CC(N)C2)c1. The van der Waals surface area contributed by atoms with Crippen LogP contribution in [0.4, 0.5) is 0 Å². The summed E-state index contributed by atoms with van der Waals surface area (Å²) in [5.41, 5.74) is 6.69. The number of rotatable bonds is 4. The van der Waals surface area contributed by atoms with Crippen LogP contribution in [-0.2, 0) is 0 Å². The summed E-state index contributed by atoms with van der Waals surface area (Å²) < 4.78 is 5.58. The molecule has 2 N–H and O–H groups in total. The highest BCUT2D eigenvalue weighted by Crippen LogP contribution is 2.20. The highest BCUT2D eigenvalue weighted by Gasteiger charge is 2.26. The van der Waals surface area contributed by atoms with Crippen molar-refractivity contribution in [3.63, 3.8) is 0 Å². The lowest BCUT2D eigenvalue weighted by molar-refractivity contribution is 0.0660. The van der Waals surface area contributed by atoms with E-state index in [2.05, 4.69) is 13.8 Å². The molecular formula is C16H24N2O2. The first-order chi connectivity index (χ1) is 9.60. The standard InChI is InChI=1S/C16H24N2O2/c1-3-7-20-15-6-4-5-13(9-15)16(19)18-10-12(2)8-14(17)11-18/h4-6,9,12,14H,3,7-8,10-11,17H2,1-2H3. The quantitative estimate of drug-likeness (QED) is 0.918. The van der Waals surface area contributed by atoms with Crippen LogP contribution in [0.1, 0.15) is 37.0 Å². The fourth-order valence-electron chi connectivity index (χ4n) is 2.69. The first-order valence-corrected chi connectivity index (χ1v) is 7.38. The first-order valence-electron chi connectivity index (χ1n) is 7.38. The van der Waals surface area contributed by atoms with E-state index in [0.29, 0.717) is 24.6 Å². The van der Waals surface area contributed by atoms with Crippen molar-refractivity contribution >= 4 is 5.91 Å². The minimum Gasteiger partial charge on any atom is -0.494 e. The largest absolute Gasteiger partial charge is 0.494 e. The second kappa shape index (κ2) is 6.75. The molecule has 0 radical (unpaired) electrons. The molecule has 4 heteroatoms. The molecule has 1 aliphatic heterocycles. The average Bonchev–Trinajstić information content (AvgIpc) is 2.43. The number of carbonyl (C=O) groups is 1. The second-order valence-corrected chi connectivity index (χ2v) is 5.69. The molecule has 110 valence electrons. The zero-order chi connectivity index (χ0) is 14.5. The molecule has 2 rings (SSSR count). The summed E-state index contributed by atoms with van der Waals surface area (Å²) in [6.45, 7) is 6.30. The summed E-state index contributed by atoms with van der Waals surface area (Å²) in [4.78, 5) is 14.4. The Labute approximate surface area is 120 Å². The van der Waals surface area contributed by atoms with Crippen molar-refractivity contribution < 1.29 is 9.53 Å². The Kier molecular flexibility index (Phi) is 5.01. The Morgan fingerprint density at radius 2 is 2.25 bits per heavy atom. The molecule has 4 nitrogen and oxygen atoms in total. The molecule has 0 aliphatic carbocycles. The lowest BCUT2D eigenvalue weighted by atomic mass is 9.96. The molecule has 0 aromatic heterocycles. The van der Waals surface area contributed by atoms with Gasteiger partial charge in [-0.05, 0) is 37.0 Å². The summed E-state index contributed by atoms with van der Waals surface area (Å²) in [7, 11) is 0. The van der Waals surface area contributed by atoms with Crippen molar-refractivity contribution in [3.8, 4) is 5.75 Å². The number of nitrogens with zero attached hydrogens (tertiary/aromatic N) is 1. The third kappa shape index (κ3) is 3.73. The number of carbonyl (C=O) groups excluding carboxylic acids is 1. The molecule has 0 bridgehead atoms. The van der Waals surface area contributed by atoms with Crippen molar-refractivity contribution in [2.45, 2.75) is 32.7 Å². The molecule has 20 heavy (non-hydrogen) atoms. The Morgan fingerprint density at radius 3 is 2.95 bits per heavy atom. The normalized spacial score (nSPS) is 22.6. The van der Waals surface area contributed by atoms with Gasteiger partial charge in [-0.15, -0.1) is 0 Å². The van der Waals surface area contributed by atoms with Crippen LogP contribution in [0.2, 0.25) is 0 Å². The molecular weight excluding hydrogens is 252 g/mol. The van der Waals surface area contributed by atoms with Crippen LogP contribution in [0, 0.1) is 5.92 Å².